The fourth-order valence-electron chi connectivity index (χ4n) is 3.05. The second-order valence-corrected chi connectivity index (χ2v) is 6.80. The van der Waals surface area contributed by atoms with Gasteiger partial charge in [0.2, 0.25) is 5.91 Å². The van der Waals surface area contributed by atoms with E-state index in [-0.39, 0.29) is 12.3 Å². The van der Waals surface area contributed by atoms with Gasteiger partial charge < -0.3 is 9.80 Å². The molecule has 1 aliphatic heterocycles. The number of anilines is 1. The SMILES string of the molecule is O=C(Cc1ccccc1Cl)N1CCCN(c2ccc(C(F)(F)F)cn2)CC1. The molecule has 1 fully saturated rings. The first-order chi connectivity index (χ1) is 12.8. The number of pyridine rings is 1. The molecule has 4 nitrogen and oxygen atoms in total. The standard InChI is InChI=1S/C19H19ClF3N3O/c20-16-5-2-1-4-14(16)12-18(27)26-9-3-8-25(10-11-26)17-7-6-15(13-24-17)19(21,22)23/h1-2,4-7,13H,3,8-12H2. The number of halogens is 4. The van der Waals surface area contributed by atoms with Gasteiger partial charge in [-0.05, 0) is 30.2 Å². The summed E-state index contributed by atoms with van der Waals surface area (Å²) in [6.07, 6.45) is -2.60. The van der Waals surface area contributed by atoms with Crippen LogP contribution < -0.4 is 4.90 Å². The van der Waals surface area contributed by atoms with Crippen molar-refractivity contribution < 1.29 is 18.0 Å². The Labute approximate surface area is 160 Å². The molecule has 0 radical (unpaired) electrons. The second kappa shape index (κ2) is 8.17. The zero-order valence-electron chi connectivity index (χ0n) is 14.5. The summed E-state index contributed by atoms with van der Waals surface area (Å²) in [7, 11) is 0. The number of alkyl halides is 3. The van der Waals surface area contributed by atoms with Crippen LogP contribution in [0.4, 0.5) is 19.0 Å². The molecule has 27 heavy (non-hydrogen) atoms. The molecule has 0 spiro atoms. The van der Waals surface area contributed by atoms with Crippen LogP contribution in [0, 0.1) is 0 Å². The third-order valence-electron chi connectivity index (χ3n) is 4.55. The van der Waals surface area contributed by atoms with Gasteiger partial charge in [-0.15, -0.1) is 0 Å². The highest BCUT2D eigenvalue weighted by molar-refractivity contribution is 6.31. The number of rotatable bonds is 3. The van der Waals surface area contributed by atoms with E-state index in [4.69, 9.17) is 11.6 Å². The summed E-state index contributed by atoms with van der Waals surface area (Å²) in [6.45, 7) is 2.24. The summed E-state index contributed by atoms with van der Waals surface area (Å²) >= 11 is 6.12. The summed E-state index contributed by atoms with van der Waals surface area (Å²) in [5, 5.41) is 0.566. The van der Waals surface area contributed by atoms with Gasteiger partial charge in [-0.2, -0.15) is 13.2 Å². The van der Waals surface area contributed by atoms with Crippen LogP contribution in [0.2, 0.25) is 5.02 Å². The van der Waals surface area contributed by atoms with E-state index in [1.54, 1.807) is 11.0 Å². The predicted molar refractivity (Wildman–Crippen MR) is 97.8 cm³/mol. The Morgan fingerprint density at radius 3 is 2.52 bits per heavy atom. The molecule has 1 amide bonds. The molecule has 3 rings (SSSR count). The highest BCUT2D eigenvalue weighted by Gasteiger charge is 2.31. The minimum Gasteiger partial charge on any atom is -0.355 e. The molecular weight excluding hydrogens is 379 g/mol. The Morgan fingerprint density at radius 1 is 1.07 bits per heavy atom. The zero-order valence-corrected chi connectivity index (χ0v) is 15.3. The summed E-state index contributed by atoms with van der Waals surface area (Å²) in [6, 6.07) is 9.66. The van der Waals surface area contributed by atoms with Crippen molar-refractivity contribution in [2.45, 2.75) is 19.0 Å². The minimum absolute atomic E-state index is 0.00896. The molecule has 144 valence electrons. The summed E-state index contributed by atoms with van der Waals surface area (Å²) in [5.41, 5.74) is 0.0206. The number of amides is 1. The first kappa shape index (κ1) is 19.5. The number of hydrogen-bond donors (Lipinski definition) is 0. The Kier molecular flexibility index (Phi) is 5.89. The van der Waals surface area contributed by atoms with Crippen LogP contribution in [0.15, 0.2) is 42.6 Å². The predicted octanol–water partition coefficient (Wildman–Crippen LogP) is 4.04. The number of aromatic nitrogens is 1. The van der Waals surface area contributed by atoms with Crippen molar-refractivity contribution in [3.63, 3.8) is 0 Å². The molecular formula is C19H19ClF3N3O. The number of carbonyl (C=O) groups is 1. The monoisotopic (exact) mass is 397 g/mol. The molecule has 0 unspecified atom stereocenters. The van der Waals surface area contributed by atoms with E-state index in [0.29, 0.717) is 37.0 Å². The van der Waals surface area contributed by atoms with E-state index in [0.717, 1.165) is 24.2 Å². The average molecular weight is 398 g/mol. The van der Waals surface area contributed by atoms with Crippen LogP contribution >= 0.6 is 11.6 Å². The number of benzene rings is 1. The molecule has 1 aromatic heterocycles. The first-order valence-electron chi connectivity index (χ1n) is 8.64. The molecule has 1 saturated heterocycles. The van der Waals surface area contributed by atoms with Crippen molar-refractivity contribution in [1.82, 2.24) is 9.88 Å². The third kappa shape index (κ3) is 4.91. The van der Waals surface area contributed by atoms with Crippen molar-refractivity contribution in [3.05, 3.63) is 58.7 Å². The largest absolute Gasteiger partial charge is 0.417 e. The summed E-state index contributed by atoms with van der Waals surface area (Å²) in [5.74, 6) is 0.480. The molecule has 0 saturated carbocycles. The van der Waals surface area contributed by atoms with Crippen molar-refractivity contribution in [2.24, 2.45) is 0 Å². The molecule has 0 bridgehead atoms. The maximum Gasteiger partial charge on any atom is 0.417 e. The molecule has 2 heterocycles. The van der Waals surface area contributed by atoms with E-state index < -0.39 is 11.7 Å². The Hall–Kier alpha value is -2.28. The van der Waals surface area contributed by atoms with Crippen molar-refractivity contribution in [2.75, 3.05) is 31.1 Å². The maximum absolute atomic E-state index is 12.7. The lowest BCUT2D eigenvalue weighted by Crippen LogP contribution is -2.36. The Bertz CT molecular complexity index is 796. The van der Waals surface area contributed by atoms with Crippen LogP contribution in [0.1, 0.15) is 17.5 Å². The summed E-state index contributed by atoms with van der Waals surface area (Å²) < 4.78 is 38.0. The highest BCUT2D eigenvalue weighted by atomic mass is 35.5. The number of hydrogen-bond acceptors (Lipinski definition) is 3. The minimum atomic E-state index is -4.40. The molecule has 2 aromatic rings. The van der Waals surface area contributed by atoms with E-state index >= 15 is 0 Å². The Morgan fingerprint density at radius 2 is 1.85 bits per heavy atom. The van der Waals surface area contributed by atoms with Crippen LogP contribution in [-0.4, -0.2) is 42.0 Å². The van der Waals surface area contributed by atoms with E-state index in [1.807, 2.05) is 23.1 Å². The zero-order chi connectivity index (χ0) is 19.4. The van der Waals surface area contributed by atoms with Gasteiger partial charge in [-0.3, -0.25) is 4.79 Å². The molecule has 0 aliphatic carbocycles. The highest BCUT2D eigenvalue weighted by Crippen LogP contribution is 2.29. The van der Waals surface area contributed by atoms with Gasteiger partial charge in [-0.1, -0.05) is 29.8 Å². The molecule has 0 atom stereocenters. The van der Waals surface area contributed by atoms with E-state index in [2.05, 4.69) is 4.98 Å². The average Bonchev–Trinajstić information content (AvgIpc) is 2.89. The van der Waals surface area contributed by atoms with Crippen molar-refractivity contribution in [3.8, 4) is 0 Å². The smallest absolute Gasteiger partial charge is 0.355 e. The van der Waals surface area contributed by atoms with Crippen LogP contribution in [-0.2, 0) is 17.4 Å². The van der Waals surface area contributed by atoms with Crippen LogP contribution in [0.5, 0.6) is 0 Å². The summed E-state index contributed by atoms with van der Waals surface area (Å²) in [4.78, 5) is 20.2. The third-order valence-corrected chi connectivity index (χ3v) is 4.92. The molecule has 1 aliphatic rings. The second-order valence-electron chi connectivity index (χ2n) is 6.39. The number of carbonyl (C=O) groups excluding carboxylic acids is 1. The van der Waals surface area contributed by atoms with Gasteiger partial charge in [-0.25, -0.2) is 4.98 Å². The normalized spacial score (nSPS) is 15.6. The van der Waals surface area contributed by atoms with Gasteiger partial charge in [0, 0.05) is 37.4 Å². The van der Waals surface area contributed by atoms with Gasteiger partial charge >= 0.3 is 6.18 Å². The van der Waals surface area contributed by atoms with Gasteiger partial charge in [0.15, 0.2) is 0 Å². The maximum atomic E-state index is 12.7. The van der Waals surface area contributed by atoms with E-state index in [1.165, 1.54) is 6.07 Å². The quantitative estimate of drug-likeness (QED) is 0.784. The first-order valence-corrected chi connectivity index (χ1v) is 9.02. The van der Waals surface area contributed by atoms with Crippen molar-refractivity contribution in [1.29, 1.82) is 0 Å². The molecule has 8 heteroatoms. The fraction of sp³-hybridized carbons (Fsp3) is 0.368. The topological polar surface area (TPSA) is 36.4 Å². The van der Waals surface area contributed by atoms with Gasteiger partial charge in [0.25, 0.3) is 0 Å². The lowest BCUT2D eigenvalue weighted by molar-refractivity contribution is -0.137. The van der Waals surface area contributed by atoms with Gasteiger partial charge in [0.05, 0.1) is 12.0 Å². The molecule has 0 N–H and O–H groups in total. The number of nitrogens with zero attached hydrogens (tertiary/aromatic N) is 3. The van der Waals surface area contributed by atoms with Crippen molar-refractivity contribution >= 4 is 23.3 Å². The molecule has 1 aromatic carbocycles. The fourth-order valence-corrected chi connectivity index (χ4v) is 3.26. The lowest BCUT2D eigenvalue weighted by Gasteiger charge is -2.23. The Balaban J connectivity index is 1.62. The van der Waals surface area contributed by atoms with Crippen LogP contribution in [0.25, 0.3) is 0 Å². The lowest BCUT2D eigenvalue weighted by atomic mass is 10.1. The van der Waals surface area contributed by atoms with Crippen LogP contribution in [0.3, 0.4) is 0 Å². The van der Waals surface area contributed by atoms with Gasteiger partial charge in [0.1, 0.15) is 5.82 Å². The van der Waals surface area contributed by atoms with E-state index in [9.17, 15) is 18.0 Å².